The summed E-state index contributed by atoms with van der Waals surface area (Å²) in [7, 11) is 1.26. The van der Waals surface area contributed by atoms with E-state index < -0.39 is 20.0 Å². The van der Waals surface area contributed by atoms with E-state index in [0.717, 1.165) is 44.9 Å². The predicted octanol–water partition coefficient (Wildman–Crippen LogP) is 13.6. The summed E-state index contributed by atoms with van der Waals surface area (Å²) in [6.45, 7) is 4.64. The number of unbranched alkanes of at least 4 members (excludes halogenated alkanes) is 28. The zero-order chi connectivity index (χ0) is 43.6. The van der Waals surface area contributed by atoms with Crippen LogP contribution in [0.5, 0.6) is 0 Å². The Kier molecular flexibility index (Phi) is 41.1. The topological polar surface area (TPSA) is 108 Å². The highest BCUT2D eigenvalue weighted by Gasteiger charge is 2.23. The van der Waals surface area contributed by atoms with Crippen molar-refractivity contribution < 1.29 is 32.9 Å². The Balaban J connectivity index is 4.28. The number of nitrogens with one attached hydrogen (secondary N) is 1. The SMILES string of the molecule is CCCCCCC/C=C\C/C=C\CCCCCCCCCCCCCC(=O)NC(COP(=O)([O-])OCC[N+](C)(C)C)C(O)/C=C/CCCCCCCCCCCCCC. The number of allylic oxidation sites excluding steroid dienone is 5. The van der Waals surface area contributed by atoms with E-state index in [1.807, 2.05) is 27.2 Å². The van der Waals surface area contributed by atoms with Crippen molar-refractivity contribution in [2.75, 3.05) is 40.9 Å². The summed E-state index contributed by atoms with van der Waals surface area (Å²) in [5, 5.41) is 13.8. The first kappa shape index (κ1) is 57.7. The number of amides is 1. The number of carbonyl (C=O) groups excluding carboxylic acids is 1. The van der Waals surface area contributed by atoms with E-state index in [4.69, 9.17) is 9.05 Å². The maximum absolute atomic E-state index is 12.9. The van der Waals surface area contributed by atoms with Gasteiger partial charge in [-0.05, 0) is 51.4 Å². The lowest BCUT2D eigenvalue weighted by Gasteiger charge is -2.29. The van der Waals surface area contributed by atoms with E-state index in [0.29, 0.717) is 17.4 Å². The van der Waals surface area contributed by atoms with Crippen molar-refractivity contribution in [1.82, 2.24) is 5.32 Å². The van der Waals surface area contributed by atoms with Gasteiger partial charge in [0, 0.05) is 6.42 Å². The first-order valence-corrected chi connectivity index (χ1v) is 26.3. The maximum atomic E-state index is 12.9. The minimum atomic E-state index is -4.59. The third kappa shape index (κ3) is 44.6. The molecular weight excluding hydrogens is 756 g/mol. The van der Waals surface area contributed by atoms with Crippen LogP contribution >= 0.6 is 7.82 Å². The Bertz CT molecular complexity index is 1060. The molecule has 8 nitrogen and oxygen atoms in total. The van der Waals surface area contributed by atoms with Crippen LogP contribution in [0.2, 0.25) is 0 Å². The molecule has 0 rings (SSSR count). The fourth-order valence-electron chi connectivity index (χ4n) is 7.12. The number of quaternary nitrogens is 1. The third-order valence-corrected chi connectivity index (χ3v) is 12.1. The van der Waals surface area contributed by atoms with Crippen LogP contribution < -0.4 is 10.2 Å². The zero-order valence-corrected chi connectivity index (χ0v) is 40.4. The van der Waals surface area contributed by atoms with Gasteiger partial charge in [-0.2, -0.15) is 0 Å². The smallest absolute Gasteiger partial charge is 0.268 e. The van der Waals surface area contributed by atoms with E-state index in [9.17, 15) is 19.4 Å². The van der Waals surface area contributed by atoms with Gasteiger partial charge in [-0.1, -0.05) is 204 Å². The van der Waals surface area contributed by atoms with Crippen LogP contribution in [-0.4, -0.2) is 68.5 Å². The van der Waals surface area contributed by atoms with E-state index in [1.54, 1.807) is 6.08 Å². The van der Waals surface area contributed by atoms with Crippen LogP contribution in [-0.2, 0) is 18.4 Å². The van der Waals surface area contributed by atoms with E-state index in [2.05, 4.69) is 43.5 Å². The van der Waals surface area contributed by atoms with Crippen molar-refractivity contribution in [3.8, 4) is 0 Å². The monoisotopic (exact) mass is 853 g/mol. The Morgan fingerprint density at radius 2 is 0.983 bits per heavy atom. The summed E-state index contributed by atoms with van der Waals surface area (Å²) >= 11 is 0. The number of carbonyl (C=O) groups is 1. The average molecular weight is 853 g/mol. The molecule has 0 aliphatic rings. The quantitative estimate of drug-likeness (QED) is 0.0273. The number of hydrogen-bond acceptors (Lipinski definition) is 6. The second kappa shape index (κ2) is 42.0. The van der Waals surface area contributed by atoms with Crippen LogP contribution in [0, 0.1) is 0 Å². The summed E-state index contributed by atoms with van der Waals surface area (Å²) in [5.41, 5.74) is 0. The minimum Gasteiger partial charge on any atom is -0.756 e. The van der Waals surface area contributed by atoms with Crippen LogP contribution in [0.1, 0.15) is 226 Å². The normalized spacial score (nSPS) is 14.5. The van der Waals surface area contributed by atoms with Gasteiger partial charge in [-0.15, -0.1) is 0 Å². The van der Waals surface area contributed by atoms with Gasteiger partial charge < -0.3 is 28.8 Å². The van der Waals surface area contributed by atoms with Gasteiger partial charge in [0.05, 0.1) is 39.9 Å². The Morgan fingerprint density at radius 1 is 0.593 bits per heavy atom. The van der Waals surface area contributed by atoms with Gasteiger partial charge in [0.25, 0.3) is 7.82 Å². The number of nitrogens with zero attached hydrogens (tertiary/aromatic N) is 1. The first-order chi connectivity index (χ1) is 28.5. The number of phosphoric acid groups is 1. The van der Waals surface area contributed by atoms with Gasteiger partial charge in [-0.3, -0.25) is 9.36 Å². The number of hydrogen-bond donors (Lipinski definition) is 2. The van der Waals surface area contributed by atoms with Crippen molar-refractivity contribution in [1.29, 1.82) is 0 Å². The number of rotatable bonds is 45. The Morgan fingerprint density at radius 3 is 1.41 bits per heavy atom. The second-order valence-corrected chi connectivity index (χ2v) is 19.6. The first-order valence-electron chi connectivity index (χ1n) is 24.9. The molecule has 0 radical (unpaired) electrons. The van der Waals surface area contributed by atoms with Crippen LogP contribution in [0.3, 0.4) is 0 Å². The molecule has 0 heterocycles. The summed E-state index contributed by atoms with van der Waals surface area (Å²) < 4.78 is 23.2. The highest BCUT2D eigenvalue weighted by Crippen LogP contribution is 2.38. The Hall–Kier alpha value is -1.28. The molecule has 0 aromatic carbocycles. The molecule has 0 aromatic rings. The molecule has 0 saturated heterocycles. The van der Waals surface area contributed by atoms with Crippen molar-refractivity contribution in [2.45, 2.75) is 238 Å². The van der Waals surface area contributed by atoms with Crippen LogP contribution in [0.4, 0.5) is 0 Å². The summed E-state index contributed by atoms with van der Waals surface area (Å²) in [6.07, 6.45) is 51.9. The molecule has 0 aliphatic heterocycles. The highest BCUT2D eigenvalue weighted by molar-refractivity contribution is 7.45. The van der Waals surface area contributed by atoms with Gasteiger partial charge in [-0.25, -0.2) is 0 Å². The number of aliphatic hydroxyl groups is 1. The van der Waals surface area contributed by atoms with Gasteiger partial charge in [0.15, 0.2) is 0 Å². The molecule has 3 unspecified atom stereocenters. The molecule has 2 N–H and O–H groups in total. The van der Waals surface area contributed by atoms with Crippen LogP contribution in [0.15, 0.2) is 36.5 Å². The van der Waals surface area contributed by atoms with E-state index >= 15 is 0 Å². The molecule has 348 valence electrons. The number of aliphatic hydroxyl groups excluding tert-OH is 1. The lowest BCUT2D eigenvalue weighted by atomic mass is 10.0. The van der Waals surface area contributed by atoms with Crippen molar-refractivity contribution in [3.63, 3.8) is 0 Å². The van der Waals surface area contributed by atoms with Gasteiger partial charge >= 0.3 is 0 Å². The predicted molar refractivity (Wildman–Crippen MR) is 251 cm³/mol. The zero-order valence-electron chi connectivity index (χ0n) is 39.5. The summed E-state index contributed by atoms with van der Waals surface area (Å²) in [6, 6.07) is -0.886. The second-order valence-electron chi connectivity index (χ2n) is 18.2. The van der Waals surface area contributed by atoms with E-state index in [1.165, 1.54) is 161 Å². The van der Waals surface area contributed by atoms with Crippen molar-refractivity contribution in [3.05, 3.63) is 36.5 Å². The molecule has 3 atom stereocenters. The highest BCUT2D eigenvalue weighted by atomic mass is 31.2. The molecule has 0 saturated carbocycles. The van der Waals surface area contributed by atoms with Gasteiger partial charge in [0.1, 0.15) is 13.2 Å². The molecule has 59 heavy (non-hydrogen) atoms. The molecule has 1 amide bonds. The molecule has 0 bridgehead atoms. The molecule has 0 aromatic heterocycles. The standard InChI is InChI=1S/C50H97N2O6P/c1-6-8-10-12-14-16-18-20-22-23-24-25-26-27-28-29-30-32-34-36-38-40-42-44-50(54)51-48(47-58-59(55,56)57-46-45-52(3,4)5)49(53)43-41-39-37-35-33-31-21-19-17-15-13-11-9-7-2/h18,20,23-24,41,43,48-49,53H,6-17,19,21-22,25-40,42,44-47H2,1-5H3,(H-,51,54,55,56)/b20-18-,24-23-,43-41+. The lowest BCUT2D eigenvalue weighted by Crippen LogP contribution is -2.45. The summed E-state index contributed by atoms with van der Waals surface area (Å²) in [4.78, 5) is 25.4. The summed E-state index contributed by atoms with van der Waals surface area (Å²) in [5.74, 6) is -0.200. The van der Waals surface area contributed by atoms with Gasteiger partial charge in [0.2, 0.25) is 5.91 Å². The third-order valence-electron chi connectivity index (χ3n) is 11.1. The van der Waals surface area contributed by atoms with E-state index in [-0.39, 0.29) is 19.1 Å². The fourth-order valence-corrected chi connectivity index (χ4v) is 7.85. The van der Waals surface area contributed by atoms with Crippen molar-refractivity contribution in [2.24, 2.45) is 0 Å². The fraction of sp³-hybridized carbons (Fsp3) is 0.860. The number of phosphoric ester groups is 1. The molecular formula is C50H97N2O6P. The molecule has 0 spiro atoms. The molecule has 0 aliphatic carbocycles. The minimum absolute atomic E-state index is 0.00119. The number of likely N-dealkylation sites (N-methyl/N-ethyl adjacent to an activating group) is 1. The molecule has 0 fully saturated rings. The maximum Gasteiger partial charge on any atom is 0.268 e. The Labute approximate surface area is 366 Å². The average Bonchev–Trinajstić information content (AvgIpc) is 3.19. The largest absolute Gasteiger partial charge is 0.756 e. The van der Waals surface area contributed by atoms with Crippen molar-refractivity contribution >= 4 is 13.7 Å². The lowest BCUT2D eigenvalue weighted by molar-refractivity contribution is -0.870. The molecule has 9 heteroatoms. The van der Waals surface area contributed by atoms with Crippen LogP contribution in [0.25, 0.3) is 0 Å².